The van der Waals surface area contributed by atoms with Crippen LogP contribution in [0.4, 0.5) is 0 Å². The second-order valence-electron chi connectivity index (χ2n) is 6.64. The summed E-state index contributed by atoms with van der Waals surface area (Å²) in [6, 6.07) is 22.3. The SMILES string of the molecule is c1ccc(C(c2ccccc2)C2CC3CCC2C3)cc1. The average molecular weight is 262 g/mol. The zero-order valence-electron chi connectivity index (χ0n) is 11.9. The van der Waals surface area contributed by atoms with Gasteiger partial charge in [0.05, 0.1) is 0 Å². The molecular weight excluding hydrogens is 240 g/mol. The van der Waals surface area contributed by atoms with E-state index in [1.165, 1.54) is 36.8 Å². The molecule has 0 spiro atoms. The van der Waals surface area contributed by atoms with Crippen molar-refractivity contribution in [2.24, 2.45) is 17.8 Å². The number of hydrogen-bond acceptors (Lipinski definition) is 0. The van der Waals surface area contributed by atoms with Gasteiger partial charge in [-0.15, -0.1) is 0 Å². The Balaban J connectivity index is 1.74. The lowest BCUT2D eigenvalue weighted by Crippen LogP contribution is -2.20. The molecule has 2 aromatic carbocycles. The van der Waals surface area contributed by atoms with Crippen LogP contribution in [-0.4, -0.2) is 0 Å². The zero-order chi connectivity index (χ0) is 13.4. The van der Waals surface area contributed by atoms with Crippen LogP contribution in [0.3, 0.4) is 0 Å². The third-order valence-corrected chi connectivity index (χ3v) is 5.54. The van der Waals surface area contributed by atoms with Crippen LogP contribution in [0.5, 0.6) is 0 Å². The highest BCUT2D eigenvalue weighted by Crippen LogP contribution is 2.54. The van der Waals surface area contributed by atoms with Crippen LogP contribution < -0.4 is 0 Å². The Kier molecular flexibility index (Phi) is 3.10. The van der Waals surface area contributed by atoms with Gasteiger partial charge < -0.3 is 0 Å². The van der Waals surface area contributed by atoms with E-state index in [0.717, 1.165) is 17.8 Å². The first-order valence-electron chi connectivity index (χ1n) is 8.01. The number of fused-ring (bicyclic) bond motifs is 2. The quantitative estimate of drug-likeness (QED) is 0.708. The van der Waals surface area contributed by atoms with E-state index in [-0.39, 0.29) is 0 Å². The molecule has 20 heavy (non-hydrogen) atoms. The molecule has 0 heterocycles. The maximum atomic E-state index is 2.32. The first-order chi connectivity index (χ1) is 9.92. The van der Waals surface area contributed by atoms with Crippen molar-refractivity contribution in [2.75, 3.05) is 0 Å². The van der Waals surface area contributed by atoms with Gasteiger partial charge in [0.15, 0.2) is 0 Å². The molecular formula is C20H22. The van der Waals surface area contributed by atoms with Crippen molar-refractivity contribution in [1.29, 1.82) is 0 Å². The van der Waals surface area contributed by atoms with E-state index in [9.17, 15) is 0 Å². The van der Waals surface area contributed by atoms with Gasteiger partial charge in [-0.3, -0.25) is 0 Å². The molecule has 3 unspecified atom stereocenters. The Hall–Kier alpha value is -1.56. The standard InChI is InChI=1S/C20H22/c1-3-7-16(8-4-1)20(17-9-5-2-6-10-17)19-14-15-11-12-18(19)13-15/h1-10,15,18-20H,11-14H2. The van der Waals surface area contributed by atoms with Crippen molar-refractivity contribution in [3.05, 3.63) is 71.8 Å². The summed E-state index contributed by atoms with van der Waals surface area (Å²) in [6.45, 7) is 0. The molecule has 0 saturated heterocycles. The monoisotopic (exact) mass is 262 g/mol. The fourth-order valence-corrected chi connectivity index (χ4v) is 4.71. The smallest absolute Gasteiger partial charge is 0.0120 e. The summed E-state index contributed by atoms with van der Waals surface area (Å²) in [4.78, 5) is 0. The van der Waals surface area contributed by atoms with Gasteiger partial charge in [0.25, 0.3) is 0 Å². The zero-order valence-corrected chi connectivity index (χ0v) is 11.9. The topological polar surface area (TPSA) is 0 Å². The Morgan fingerprint density at radius 1 is 0.700 bits per heavy atom. The van der Waals surface area contributed by atoms with Crippen molar-refractivity contribution < 1.29 is 0 Å². The Bertz CT molecular complexity index is 518. The molecule has 2 aliphatic carbocycles. The Morgan fingerprint density at radius 2 is 1.30 bits per heavy atom. The van der Waals surface area contributed by atoms with Gasteiger partial charge in [-0.1, -0.05) is 67.1 Å². The van der Waals surface area contributed by atoms with Gasteiger partial charge in [-0.2, -0.15) is 0 Å². The van der Waals surface area contributed by atoms with Crippen LogP contribution in [0.15, 0.2) is 60.7 Å². The highest BCUT2D eigenvalue weighted by molar-refractivity contribution is 5.34. The summed E-state index contributed by atoms with van der Waals surface area (Å²) in [7, 11) is 0. The lowest BCUT2D eigenvalue weighted by atomic mass is 9.73. The number of hydrogen-bond donors (Lipinski definition) is 0. The molecule has 3 atom stereocenters. The van der Waals surface area contributed by atoms with Crippen LogP contribution in [0, 0.1) is 17.8 Å². The first kappa shape index (κ1) is 12.2. The minimum atomic E-state index is 0.604. The minimum Gasteiger partial charge on any atom is -0.0622 e. The van der Waals surface area contributed by atoms with E-state index >= 15 is 0 Å². The Labute approximate surface area is 121 Å². The minimum absolute atomic E-state index is 0.604. The van der Waals surface area contributed by atoms with Gasteiger partial charge in [0.2, 0.25) is 0 Å². The molecule has 0 heteroatoms. The third kappa shape index (κ3) is 2.08. The molecule has 0 N–H and O–H groups in total. The van der Waals surface area contributed by atoms with E-state index in [2.05, 4.69) is 60.7 Å². The number of benzene rings is 2. The summed E-state index contributed by atoms with van der Waals surface area (Å²) >= 11 is 0. The molecule has 0 aliphatic heterocycles. The van der Waals surface area contributed by atoms with Crippen LogP contribution in [0.2, 0.25) is 0 Å². The van der Waals surface area contributed by atoms with E-state index in [1.807, 2.05) is 0 Å². The maximum absolute atomic E-state index is 2.32. The first-order valence-corrected chi connectivity index (χ1v) is 8.01. The molecule has 102 valence electrons. The van der Waals surface area contributed by atoms with Crippen molar-refractivity contribution in [2.45, 2.75) is 31.6 Å². The van der Waals surface area contributed by atoms with Crippen molar-refractivity contribution in [1.82, 2.24) is 0 Å². The van der Waals surface area contributed by atoms with Gasteiger partial charge in [-0.25, -0.2) is 0 Å². The highest BCUT2D eigenvalue weighted by atomic mass is 14.5. The molecule has 2 aromatic rings. The molecule has 2 bridgehead atoms. The second kappa shape index (κ2) is 5.09. The Morgan fingerprint density at radius 3 is 1.75 bits per heavy atom. The predicted octanol–water partition coefficient (Wildman–Crippen LogP) is 5.25. The van der Waals surface area contributed by atoms with Crippen LogP contribution >= 0.6 is 0 Å². The average Bonchev–Trinajstić information content (AvgIpc) is 3.13. The lowest BCUT2D eigenvalue weighted by Gasteiger charge is -2.31. The molecule has 0 nitrogen and oxygen atoms in total. The van der Waals surface area contributed by atoms with E-state index < -0.39 is 0 Å². The molecule has 0 amide bonds. The van der Waals surface area contributed by atoms with Gasteiger partial charge >= 0.3 is 0 Å². The van der Waals surface area contributed by atoms with Crippen molar-refractivity contribution in [3.8, 4) is 0 Å². The summed E-state index contributed by atoms with van der Waals surface area (Å²) in [6.07, 6.45) is 5.88. The summed E-state index contributed by atoms with van der Waals surface area (Å²) in [5.74, 6) is 3.44. The largest absolute Gasteiger partial charge is 0.0622 e. The lowest BCUT2D eigenvalue weighted by molar-refractivity contribution is 0.303. The van der Waals surface area contributed by atoms with Crippen molar-refractivity contribution in [3.63, 3.8) is 0 Å². The summed E-state index contributed by atoms with van der Waals surface area (Å²) in [5.41, 5.74) is 3.02. The third-order valence-electron chi connectivity index (χ3n) is 5.54. The van der Waals surface area contributed by atoms with Gasteiger partial charge in [0, 0.05) is 5.92 Å². The van der Waals surface area contributed by atoms with Gasteiger partial charge in [-0.05, 0) is 48.1 Å². The number of rotatable bonds is 3. The molecule has 2 aliphatic rings. The highest BCUT2D eigenvalue weighted by Gasteiger charge is 2.43. The van der Waals surface area contributed by atoms with Crippen LogP contribution in [0.1, 0.15) is 42.7 Å². The van der Waals surface area contributed by atoms with Crippen LogP contribution in [0.25, 0.3) is 0 Å². The maximum Gasteiger partial charge on any atom is 0.0120 e. The summed E-state index contributed by atoms with van der Waals surface area (Å²) < 4.78 is 0. The predicted molar refractivity (Wildman–Crippen MR) is 83.7 cm³/mol. The van der Waals surface area contributed by atoms with Gasteiger partial charge in [0.1, 0.15) is 0 Å². The molecule has 2 saturated carbocycles. The normalized spacial score (nSPS) is 28.1. The van der Waals surface area contributed by atoms with Crippen LogP contribution in [-0.2, 0) is 0 Å². The van der Waals surface area contributed by atoms with E-state index in [0.29, 0.717) is 5.92 Å². The molecule has 4 rings (SSSR count). The van der Waals surface area contributed by atoms with E-state index in [1.54, 1.807) is 0 Å². The fraction of sp³-hybridized carbons (Fsp3) is 0.400. The molecule has 0 aromatic heterocycles. The molecule has 0 radical (unpaired) electrons. The van der Waals surface area contributed by atoms with E-state index in [4.69, 9.17) is 0 Å². The van der Waals surface area contributed by atoms with Crippen molar-refractivity contribution >= 4 is 0 Å². The second-order valence-corrected chi connectivity index (χ2v) is 6.64. The summed E-state index contributed by atoms with van der Waals surface area (Å²) in [5, 5.41) is 0. The molecule has 2 fully saturated rings. The fourth-order valence-electron chi connectivity index (χ4n) is 4.71.